The fourth-order valence-electron chi connectivity index (χ4n) is 1.42. The second-order valence-corrected chi connectivity index (χ2v) is 4.08. The zero-order valence-electron chi connectivity index (χ0n) is 8.61. The number of rotatable bonds is 4. The smallest absolute Gasteiger partial charge is 0.138 e. The molecule has 0 saturated carbocycles. The van der Waals surface area contributed by atoms with E-state index in [1.54, 1.807) is 0 Å². The molecule has 0 unspecified atom stereocenters. The Bertz CT molecular complexity index is 453. The third-order valence-electron chi connectivity index (χ3n) is 2.12. The normalized spacial score (nSPS) is 11.1. The minimum Gasteiger partial charge on any atom is -0.375 e. The number of ether oxygens (including phenoxy) is 1. The second kappa shape index (κ2) is 4.77. The molecule has 0 aliphatic carbocycles. The first-order valence-electron chi connectivity index (χ1n) is 5.02. The number of hydrogen-bond donors (Lipinski definition) is 0. The van der Waals surface area contributed by atoms with Gasteiger partial charge < -0.3 is 4.74 Å². The molecule has 0 radical (unpaired) electrons. The zero-order valence-corrected chi connectivity index (χ0v) is 10.2. The zero-order chi connectivity index (χ0) is 10.7. The molecule has 2 aromatic heterocycles. The van der Waals surface area contributed by atoms with Crippen LogP contribution in [-0.2, 0) is 11.3 Å². The van der Waals surface area contributed by atoms with Gasteiger partial charge in [-0.3, -0.25) is 4.40 Å². The fraction of sp³-hybridized carbons (Fsp3) is 0.364. The van der Waals surface area contributed by atoms with Crippen LogP contribution < -0.4 is 0 Å². The Morgan fingerprint density at radius 1 is 1.47 bits per heavy atom. The van der Waals surface area contributed by atoms with Crippen molar-refractivity contribution in [1.29, 1.82) is 0 Å². The molecule has 0 aliphatic rings. The van der Waals surface area contributed by atoms with Gasteiger partial charge in [-0.2, -0.15) is 0 Å². The Labute approximate surface area is 97.2 Å². The Morgan fingerprint density at radius 3 is 3.07 bits per heavy atom. The molecule has 0 aromatic carbocycles. The lowest BCUT2D eigenvalue weighted by molar-refractivity contribution is 0.119. The molecule has 2 aromatic rings. The lowest BCUT2D eigenvalue weighted by Gasteiger charge is -1.99. The first-order valence-corrected chi connectivity index (χ1v) is 5.81. The Kier molecular flexibility index (Phi) is 3.38. The van der Waals surface area contributed by atoms with Gasteiger partial charge in [0, 0.05) is 12.8 Å². The highest BCUT2D eigenvalue weighted by Crippen LogP contribution is 2.19. The number of nitrogens with zero attached hydrogens (tertiary/aromatic N) is 2. The third-order valence-corrected chi connectivity index (χ3v) is 2.96. The molecular weight excluding hydrogens is 256 g/mol. The Hall–Kier alpha value is -0.870. The summed E-state index contributed by atoms with van der Waals surface area (Å²) in [6.45, 7) is 3.44. The molecule has 2 rings (SSSR count). The summed E-state index contributed by atoms with van der Waals surface area (Å²) in [5, 5.41) is 0. The number of imidazole rings is 1. The number of pyridine rings is 1. The molecule has 15 heavy (non-hydrogen) atoms. The molecule has 0 bridgehead atoms. The van der Waals surface area contributed by atoms with E-state index in [0.717, 1.165) is 29.0 Å². The van der Waals surface area contributed by atoms with Crippen molar-refractivity contribution in [2.24, 2.45) is 0 Å². The predicted octanol–water partition coefficient (Wildman–Crippen LogP) is 3.02. The van der Waals surface area contributed by atoms with Crippen LogP contribution >= 0.6 is 15.9 Å². The van der Waals surface area contributed by atoms with Crippen LogP contribution in [0.3, 0.4) is 0 Å². The van der Waals surface area contributed by atoms with Gasteiger partial charge in [0.1, 0.15) is 10.3 Å². The topological polar surface area (TPSA) is 26.5 Å². The summed E-state index contributed by atoms with van der Waals surface area (Å²) in [6, 6.07) is 5.94. The minimum absolute atomic E-state index is 0.566. The first kappa shape index (κ1) is 10.6. The highest BCUT2D eigenvalue weighted by Gasteiger charge is 2.08. The first-order chi connectivity index (χ1) is 7.33. The van der Waals surface area contributed by atoms with Gasteiger partial charge in [-0.1, -0.05) is 13.0 Å². The van der Waals surface area contributed by atoms with Crippen LogP contribution in [0.5, 0.6) is 0 Å². The van der Waals surface area contributed by atoms with Crippen LogP contribution in [0.2, 0.25) is 0 Å². The molecule has 2 heterocycles. The quantitative estimate of drug-likeness (QED) is 0.797. The van der Waals surface area contributed by atoms with Crippen molar-refractivity contribution >= 4 is 21.6 Å². The van der Waals surface area contributed by atoms with E-state index < -0.39 is 0 Å². The van der Waals surface area contributed by atoms with Crippen molar-refractivity contribution in [3.63, 3.8) is 0 Å². The monoisotopic (exact) mass is 268 g/mol. The Morgan fingerprint density at radius 2 is 2.33 bits per heavy atom. The summed E-state index contributed by atoms with van der Waals surface area (Å²) in [5.41, 5.74) is 1.90. The molecule has 0 aliphatic heterocycles. The van der Waals surface area contributed by atoms with Gasteiger partial charge >= 0.3 is 0 Å². The summed E-state index contributed by atoms with van der Waals surface area (Å²) >= 11 is 3.52. The van der Waals surface area contributed by atoms with E-state index in [1.807, 2.05) is 28.8 Å². The van der Waals surface area contributed by atoms with Gasteiger partial charge in [-0.25, -0.2) is 4.98 Å². The predicted molar refractivity (Wildman–Crippen MR) is 62.8 cm³/mol. The van der Waals surface area contributed by atoms with E-state index >= 15 is 0 Å². The summed E-state index contributed by atoms with van der Waals surface area (Å²) in [7, 11) is 0. The largest absolute Gasteiger partial charge is 0.375 e. The van der Waals surface area contributed by atoms with E-state index in [1.165, 1.54) is 0 Å². The summed E-state index contributed by atoms with van der Waals surface area (Å²) in [5.74, 6) is 0. The van der Waals surface area contributed by atoms with Crippen molar-refractivity contribution in [2.45, 2.75) is 20.0 Å². The van der Waals surface area contributed by atoms with Crippen LogP contribution in [0, 0.1) is 0 Å². The summed E-state index contributed by atoms with van der Waals surface area (Å²) in [4.78, 5) is 4.48. The molecule has 0 atom stereocenters. The molecule has 0 saturated heterocycles. The number of aromatic nitrogens is 2. The maximum atomic E-state index is 5.47. The van der Waals surface area contributed by atoms with Crippen LogP contribution in [0.25, 0.3) is 5.65 Å². The van der Waals surface area contributed by atoms with Gasteiger partial charge in [0.15, 0.2) is 0 Å². The van der Waals surface area contributed by atoms with Crippen molar-refractivity contribution < 1.29 is 4.74 Å². The fourth-order valence-corrected chi connectivity index (χ4v) is 1.92. The number of hydrogen-bond acceptors (Lipinski definition) is 2. The van der Waals surface area contributed by atoms with Crippen LogP contribution in [-0.4, -0.2) is 16.0 Å². The summed E-state index contributed by atoms with van der Waals surface area (Å²) < 4.78 is 8.46. The van der Waals surface area contributed by atoms with Gasteiger partial charge in [0.2, 0.25) is 0 Å². The molecule has 80 valence electrons. The minimum atomic E-state index is 0.566. The molecule has 0 N–H and O–H groups in total. The van der Waals surface area contributed by atoms with E-state index in [9.17, 15) is 0 Å². The maximum absolute atomic E-state index is 5.47. The van der Waals surface area contributed by atoms with Gasteiger partial charge in [0.25, 0.3) is 0 Å². The van der Waals surface area contributed by atoms with E-state index in [2.05, 4.69) is 27.8 Å². The SMILES string of the molecule is CCCOCc1nc2ccccn2c1Br. The van der Waals surface area contributed by atoms with Crippen LogP contribution in [0.1, 0.15) is 19.0 Å². The molecule has 4 heteroatoms. The van der Waals surface area contributed by atoms with Crippen molar-refractivity contribution in [3.05, 3.63) is 34.7 Å². The molecule has 0 amide bonds. The average molecular weight is 269 g/mol. The van der Waals surface area contributed by atoms with Gasteiger partial charge in [0.05, 0.1) is 12.3 Å². The standard InChI is InChI=1S/C11H13BrN2O/c1-2-7-15-8-9-11(12)14-6-4-3-5-10(14)13-9/h3-6H,2,7-8H2,1H3. The van der Waals surface area contributed by atoms with Crippen molar-refractivity contribution in [1.82, 2.24) is 9.38 Å². The van der Waals surface area contributed by atoms with Crippen molar-refractivity contribution in [2.75, 3.05) is 6.61 Å². The molecule has 0 fully saturated rings. The lowest BCUT2D eigenvalue weighted by Crippen LogP contribution is -1.95. The second-order valence-electron chi connectivity index (χ2n) is 3.33. The van der Waals surface area contributed by atoms with Crippen molar-refractivity contribution in [3.8, 4) is 0 Å². The number of halogens is 1. The van der Waals surface area contributed by atoms with E-state index in [0.29, 0.717) is 6.61 Å². The van der Waals surface area contributed by atoms with E-state index in [4.69, 9.17) is 4.74 Å². The van der Waals surface area contributed by atoms with Crippen LogP contribution in [0.4, 0.5) is 0 Å². The highest BCUT2D eigenvalue weighted by molar-refractivity contribution is 9.10. The van der Waals surface area contributed by atoms with Gasteiger partial charge in [-0.15, -0.1) is 0 Å². The maximum Gasteiger partial charge on any atom is 0.138 e. The molecule has 0 spiro atoms. The highest BCUT2D eigenvalue weighted by atomic mass is 79.9. The molecular formula is C11H13BrN2O. The summed E-state index contributed by atoms with van der Waals surface area (Å²) in [6.07, 6.45) is 3.01. The Balaban J connectivity index is 2.24. The lowest BCUT2D eigenvalue weighted by atomic mass is 10.5. The van der Waals surface area contributed by atoms with Crippen LogP contribution in [0.15, 0.2) is 29.0 Å². The third kappa shape index (κ3) is 2.21. The number of fused-ring (bicyclic) bond motifs is 1. The van der Waals surface area contributed by atoms with Gasteiger partial charge in [-0.05, 0) is 34.5 Å². The van der Waals surface area contributed by atoms with E-state index in [-0.39, 0.29) is 0 Å². The average Bonchev–Trinajstić information content (AvgIpc) is 2.57. The molecule has 3 nitrogen and oxygen atoms in total.